The van der Waals surface area contributed by atoms with E-state index in [1.54, 1.807) is 6.07 Å². The summed E-state index contributed by atoms with van der Waals surface area (Å²) in [5.41, 5.74) is 0. The van der Waals surface area contributed by atoms with Gasteiger partial charge in [-0.25, -0.2) is 8.42 Å². The van der Waals surface area contributed by atoms with Crippen LogP contribution >= 0.6 is 11.3 Å². The minimum atomic E-state index is -3.11. The van der Waals surface area contributed by atoms with E-state index in [4.69, 9.17) is 4.74 Å². The fourth-order valence-corrected chi connectivity index (χ4v) is 4.42. The van der Waals surface area contributed by atoms with E-state index >= 15 is 0 Å². The minimum absolute atomic E-state index is 0.0963. The van der Waals surface area contributed by atoms with E-state index < -0.39 is 9.84 Å². The van der Waals surface area contributed by atoms with Gasteiger partial charge >= 0.3 is 0 Å². The molecule has 1 aliphatic rings. The van der Waals surface area contributed by atoms with E-state index in [9.17, 15) is 8.42 Å². The first-order chi connectivity index (χ1) is 6.50. The normalized spacial score (nSPS) is 25.4. The van der Waals surface area contributed by atoms with E-state index in [1.165, 1.54) is 11.3 Å². The number of rotatable bonds is 0. The summed E-state index contributed by atoms with van der Waals surface area (Å²) in [4.78, 5) is 2.35. The summed E-state index contributed by atoms with van der Waals surface area (Å²) < 4.78 is 29.0. The second-order valence-corrected chi connectivity index (χ2v) is 6.78. The molecule has 0 saturated heterocycles. The van der Waals surface area contributed by atoms with Gasteiger partial charge in [0.05, 0.1) is 28.2 Å². The molecular weight excluding hydrogens is 220 g/mol. The molecule has 1 aromatic rings. The summed E-state index contributed by atoms with van der Waals surface area (Å²) >= 11 is 1.51. The topological polar surface area (TPSA) is 43.4 Å². The van der Waals surface area contributed by atoms with Gasteiger partial charge in [0, 0.05) is 4.88 Å². The molecule has 0 spiro atoms. The monoisotopic (exact) mass is 232 g/mol. The van der Waals surface area contributed by atoms with Crippen molar-refractivity contribution in [3.63, 3.8) is 0 Å². The maximum absolute atomic E-state index is 11.8. The highest BCUT2D eigenvalue weighted by molar-refractivity contribution is 7.91. The Labute approximate surface area is 87.6 Å². The van der Waals surface area contributed by atoms with Gasteiger partial charge in [0.15, 0.2) is 9.84 Å². The first kappa shape index (κ1) is 10.1. The Balaban J connectivity index is 2.64. The second kappa shape index (κ2) is 3.32. The van der Waals surface area contributed by atoms with Crippen molar-refractivity contribution in [2.75, 3.05) is 12.4 Å². The second-order valence-electron chi connectivity index (χ2n) is 3.42. The number of aryl methyl sites for hydroxylation is 1. The third-order valence-corrected chi connectivity index (χ3v) is 5.33. The summed E-state index contributed by atoms with van der Waals surface area (Å²) in [7, 11) is -3.11. The van der Waals surface area contributed by atoms with Crippen LogP contribution in [0.15, 0.2) is 11.0 Å². The zero-order chi connectivity index (χ0) is 10.3. The number of hydrogen-bond acceptors (Lipinski definition) is 4. The molecule has 0 radical (unpaired) electrons. The van der Waals surface area contributed by atoms with Gasteiger partial charge in [-0.3, -0.25) is 0 Å². The summed E-state index contributed by atoms with van der Waals surface area (Å²) in [5.74, 6) is 0.0977. The molecule has 14 heavy (non-hydrogen) atoms. The molecule has 0 fully saturated rings. The average Bonchev–Trinajstić information content (AvgIpc) is 2.43. The first-order valence-electron chi connectivity index (χ1n) is 4.45. The quantitative estimate of drug-likeness (QED) is 0.686. The van der Waals surface area contributed by atoms with Crippen molar-refractivity contribution in [1.29, 1.82) is 0 Å². The zero-order valence-electron chi connectivity index (χ0n) is 8.11. The van der Waals surface area contributed by atoms with Crippen LogP contribution in [0.25, 0.3) is 0 Å². The van der Waals surface area contributed by atoms with Crippen LogP contribution in [-0.2, 0) is 14.6 Å². The van der Waals surface area contributed by atoms with E-state index in [1.807, 2.05) is 13.8 Å². The third-order valence-electron chi connectivity index (χ3n) is 2.27. The maximum Gasteiger partial charge on any atom is 0.181 e. The lowest BCUT2D eigenvalue weighted by molar-refractivity contribution is 0.0810. The largest absolute Gasteiger partial charge is 0.372 e. The Hall–Kier alpha value is -0.390. The van der Waals surface area contributed by atoms with Crippen molar-refractivity contribution >= 4 is 21.2 Å². The number of sulfone groups is 1. The molecular formula is C9H12O3S2. The van der Waals surface area contributed by atoms with Crippen LogP contribution in [0.2, 0.25) is 0 Å². The van der Waals surface area contributed by atoms with Crippen molar-refractivity contribution in [1.82, 2.24) is 0 Å². The predicted molar refractivity (Wildman–Crippen MR) is 55.5 cm³/mol. The minimum Gasteiger partial charge on any atom is -0.372 e. The lowest BCUT2D eigenvalue weighted by Gasteiger charge is -2.06. The van der Waals surface area contributed by atoms with Gasteiger partial charge in [-0.2, -0.15) is 0 Å². The molecule has 2 heterocycles. The maximum atomic E-state index is 11.8. The molecule has 0 bridgehead atoms. The molecule has 0 saturated carbocycles. The predicted octanol–water partition coefficient (Wildman–Crippen LogP) is 1.92. The third kappa shape index (κ3) is 1.60. The first-order valence-corrected chi connectivity index (χ1v) is 6.92. The van der Waals surface area contributed by atoms with E-state index in [0.717, 1.165) is 9.75 Å². The zero-order valence-corrected chi connectivity index (χ0v) is 9.74. The van der Waals surface area contributed by atoms with Gasteiger partial charge < -0.3 is 4.74 Å². The number of fused-ring (bicyclic) bond motifs is 1. The lowest BCUT2D eigenvalue weighted by atomic mass is 10.3. The molecule has 1 aromatic heterocycles. The standard InChI is InChI=1S/C9H12O3S2/c1-6-5-8-9(13-6)7(2)12-3-4-14(8,10)11/h5,7H,3-4H2,1-2H3. The molecule has 0 aromatic carbocycles. The summed E-state index contributed by atoms with van der Waals surface area (Å²) in [5, 5.41) is 0. The van der Waals surface area contributed by atoms with Gasteiger partial charge in [0.25, 0.3) is 0 Å². The Morgan fingerprint density at radius 3 is 3.00 bits per heavy atom. The van der Waals surface area contributed by atoms with Gasteiger partial charge in [-0.1, -0.05) is 0 Å². The Morgan fingerprint density at radius 2 is 2.29 bits per heavy atom. The fraction of sp³-hybridized carbons (Fsp3) is 0.556. The molecule has 3 nitrogen and oxygen atoms in total. The van der Waals surface area contributed by atoms with Crippen LogP contribution in [-0.4, -0.2) is 20.8 Å². The number of ether oxygens (including phenoxy) is 1. The highest BCUT2D eigenvalue weighted by Crippen LogP contribution is 2.35. The van der Waals surface area contributed by atoms with Crippen molar-refractivity contribution in [2.24, 2.45) is 0 Å². The van der Waals surface area contributed by atoms with Crippen LogP contribution in [0, 0.1) is 6.92 Å². The van der Waals surface area contributed by atoms with E-state index in [0.29, 0.717) is 11.5 Å². The highest BCUT2D eigenvalue weighted by Gasteiger charge is 2.28. The van der Waals surface area contributed by atoms with Crippen molar-refractivity contribution in [2.45, 2.75) is 24.8 Å². The molecule has 1 aliphatic heterocycles. The molecule has 0 aliphatic carbocycles. The number of thiophene rings is 1. The average molecular weight is 232 g/mol. The molecule has 1 atom stereocenters. The molecule has 5 heteroatoms. The Bertz CT molecular complexity index is 445. The van der Waals surface area contributed by atoms with Crippen LogP contribution in [0.5, 0.6) is 0 Å². The van der Waals surface area contributed by atoms with E-state index in [2.05, 4.69) is 0 Å². The molecule has 0 amide bonds. The van der Waals surface area contributed by atoms with Crippen LogP contribution < -0.4 is 0 Å². The number of hydrogen-bond donors (Lipinski definition) is 0. The van der Waals surface area contributed by atoms with Crippen LogP contribution in [0.4, 0.5) is 0 Å². The van der Waals surface area contributed by atoms with Crippen molar-refractivity contribution < 1.29 is 13.2 Å². The van der Waals surface area contributed by atoms with Gasteiger partial charge in [-0.15, -0.1) is 11.3 Å². The molecule has 78 valence electrons. The summed E-state index contributed by atoms with van der Waals surface area (Å²) in [6.07, 6.45) is -0.0963. The Kier molecular flexibility index (Phi) is 2.41. The van der Waals surface area contributed by atoms with E-state index in [-0.39, 0.29) is 11.9 Å². The van der Waals surface area contributed by atoms with Gasteiger partial charge in [0.2, 0.25) is 0 Å². The molecule has 0 N–H and O–H groups in total. The van der Waals surface area contributed by atoms with Crippen molar-refractivity contribution in [3.8, 4) is 0 Å². The summed E-state index contributed by atoms with van der Waals surface area (Å²) in [6, 6.07) is 1.75. The smallest absolute Gasteiger partial charge is 0.181 e. The SMILES string of the molecule is Cc1cc2c(s1)C(C)OCCS2(=O)=O. The summed E-state index contributed by atoms with van der Waals surface area (Å²) in [6.45, 7) is 4.11. The van der Waals surface area contributed by atoms with Crippen LogP contribution in [0.1, 0.15) is 22.8 Å². The Morgan fingerprint density at radius 1 is 1.57 bits per heavy atom. The van der Waals surface area contributed by atoms with Crippen LogP contribution in [0.3, 0.4) is 0 Å². The lowest BCUT2D eigenvalue weighted by Crippen LogP contribution is -2.08. The van der Waals surface area contributed by atoms with Crippen molar-refractivity contribution in [3.05, 3.63) is 15.8 Å². The van der Waals surface area contributed by atoms with Gasteiger partial charge in [0.1, 0.15) is 0 Å². The highest BCUT2D eigenvalue weighted by atomic mass is 32.2. The molecule has 2 rings (SSSR count). The van der Waals surface area contributed by atoms with Gasteiger partial charge in [-0.05, 0) is 19.9 Å². The molecule has 1 unspecified atom stereocenters. The fourth-order valence-electron chi connectivity index (χ4n) is 1.56.